The van der Waals surface area contributed by atoms with Crippen LogP contribution in [-0.2, 0) is 14.8 Å². The molecule has 8 nitrogen and oxygen atoms in total. The zero-order valence-electron chi connectivity index (χ0n) is 15.4. The number of imide groups is 1. The first-order chi connectivity index (χ1) is 13.2. The van der Waals surface area contributed by atoms with Gasteiger partial charge in [0.1, 0.15) is 0 Å². The van der Waals surface area contributed by atoms with Gasteiger partial charge in [-0.15, -0.1) is 0 Å². The van der Waals surface area contributed by atoms with Crippen LogP contribution in [0.3, 0.4) is 0 Å². The van der Waals surface area contributed by atoms with Gasteiger partial charge < -0.3 is 5.32 Å². The van der Waals surface area contributed by atoms with Crippen molar-refractivity contribution in [3.63, 3.8) is 0 Å². The van der Waals surface area contributed by atoms with Crippen LogP contribution in [0.2, 0.25) is 0 Å². The summed E-state index contributed by atoms with van der Waals surface area (Å²) in [5, 5.41) is 2.60. The minimum absolute atomic E-state index is 0.0705. The van der Waals surface area contributed by atoms with E-state index in [2.05, 4.69) is 10.0 Å². The lowest BCUT2D eigenvalue weighted by atomic mass is 10.1. The minimum atomic E-state index is -3.51. The van der Waals surface area contributed by atoms with Crippen molar-refractivity contribution in [1.29, 1.82) is 0 Å². The number of para-hydroxylation sites is 2. The Bertz CT molecular complexity index is 1080. The molecule has 0 unspecified atom stereocenters. The quantitative estimate of drug-likeness (QED) is 0.719. The first kappa shape index (κ1) is 19.6. The molecule has 28 heavy (non-hydrogen) atoms. The SMILES string of the molecule is Cc1ccc2c(c1)C(=O)N(CCC(=O)Nc1ccccc1NS(C)(=O)=O)C2=O. The molecule has 1 aliphatic heterocycles. The Morgan fingerprint density at radius 1 is 1.00 bits per heavy atom. The Kier molecular flexibility index (Phi) is 5.19. The summed E-state index contributed by atoms with van der Waals surface area (Å²) < 4.78 is 25.2. The van der Waals surface area contributed by atoms with Crippen molar-refractivity contribution >= 4 is 39.1 Å². The summed E-state index contributed by atoms with van der Waals surface area (Å²) in [6.07, 6.45) is 0.896. The van der Waals surface area contributed by atoms with E-state index in [9.17, 15) is 22.8 Å². The number of aryl methyl sites for hydroxylation is 1. The van der Waals surface area contributed by atoms with E-state index in [1.807, 2.05) is 6.92 Å². The number of hydrogen-bond acceptors (Lipinski definition) is 5. The molecule has 0 spiro atoms. The highest BCUT2D eigenvalue weighted by molar-refractivity contribution is 7.92. The number of nitrogens with zero attached hydrogens (tertiary/aromatic N) is 1. The highest BCUT2D eigenvalue weighted by Crippen LogP contribution is 2.25. The Morgan fingerprint density at radius 2 is 1.64 bits per heavy atom. The zero-order valence-corrected chi connectivity index (χ0v) is 16.2. The maximum absolute atomic E-state index is 12.4. The van der Waals surface area contributed by atoms with Gasteiger partial charge in [-0.1, -0.05) is 23.8 Å². The third kappa shape index (κ3) is 4.20. The second kappa shape index (κ2) is 7.43. The number of fused-ring (bicyclic) bond motifs is 1. The third-order valence-corrected chi connectivity index (χ3v) is 4.78. The van der Waals surface area contributed by atoms with Gasteiger partial charge >= 0.3 is 0 Å². The normalized spacial score (nSPS) is 13.4. The molecule has 3 rings (SSSR count). The van der Waals surface area contributed by atoms with E-state index in [-0.39, 0.29) is 24.3 Å². The minimum Gasteiger partial charge on any atom is -0.324 e. The van der Waals surface area contributed by atoms with Crippen LogP contribution in [0, 0.1) is 6.92 Å². The van der Waals surface area contributed by atoms with Crippen molar-refractivity contribution in [3.05, 3.63) is 59.2 Å². The molecule has 0 radical (unpaired) electrons. The van der Waals surface area contributed by atoms with E-state index in [1.54, 1.807) is 36.4 Å². The maximum Gasteiger partial charge on any atom is 0.261 e. The molecule has 0 saturated carbocycles. The molecule has 2 aromatic rings. The Morgan fingerprint density at radius 3 is 2.32 bits per heavy atom. The van der Waals surface area contributed by atoms with Crippen LogP contribution in [0.5, 0.6) is 0 Å². The maximum atomic E-state index is 12.4. The monoisotopic (exact) mass is 401 g/mol. The van der Waals surface area contributed by atoms with E-state index in [0.717, 1.165) is 16.7 Å². The molecule has 1 aliphatic rings. The summed E-state index contributed by atoms with van der Waals surface area (Å²) in [5.41, 5.74) is 2.06. The van der Waals surface area contributed by atoms with Crippen molar-refractivity contribution in [2.45, 2.75) is 13.3 Å². The molecule has 0 aliphatic carbocycles. The van der Waals surface area contributed by atoms with Crippen LogP contribution in [-0.4, -0.2) is 43.8 Å². The number of rotatable bonds is 6. The fourth-order valence-electron chi connectivity index (χ4n) is 2.91. The van der Waals surface area contributed by atoms with Gasteiger partial charge in [0.25, 0.3) is 11.8 Å². The highest BCUT2D eigenvalue weighted by Gasteiger charge is 2.35. The van der Waals surface area contributed by atoms with Gasteiger partial charge in [0.2, 0.25) is 15.9 Å². The van der Waals surface area contributed by atoms with E-state index in [4.69, 9.17) is 0 Å². The summed E-state index contributed by atoms with van der Waals surface area (Å²) in [5.74, 6) is -1.29. The van der Waals surface area contributed by atoms with Crippen molar-refractivity contribution in [2.24, 2.45) is 0 Å². The molecule has 146 valence electrons. The number of amides is 3. The first-order valence-electron chi connectivity index (χ1n) is 8.49. The van der Waals surface area contributed by atoms with Gasteiger partial charge in [-0.3, -0.25) is 24.0 Å². The Labute approximate surface area is 162 Å². The molecule has 0 aromatic heterocycles. The van der Waals surface area contributed by atoms with E-state index in [1.165, 1.54) is 6.07 Å². The number of hydrogen-bond donors (Lipinski definition) is 2. The fraction of sp³-hybridized carbons (Fsp3) is 0.211. The molecule has 3 amide bonds. The van der Waals surface area contributed by atoms with Crippen LogP contribution in [0.25, 0.3) is 0 Å². The summed E-state index contributed by atoms with van der Waals surface area (Å²) >= 11 is 0. The van der Waals surface area contributed by atoms with Crippen molar-refractivity contribution < 1.29 is 22.8 Å². The van der Waals surface area contributed by atoms with Gasteiger partial charge in [0.15, 0.2) is 0 Å². The largest absolute Gasteiger partial charge is 0.324 e. The first-order valence-corrected chi connectivity index (χ1v) is 10.4. The summed E-state index contributed by atoms with van der Waals surface area (Å²) in [7, 11) is -3.51. The number of carbonyl (C=O) groups excluding carboxylic acids is 3. The number of anilines is 2. The smallest absolute Gasteiger partial charge is 0.261 e. The van der Waals surface area contributed by atoms with Gasteiger partial charge in [0.05, 0.1) is 28.8 Å². The molecule has 1 heterocycles. The summed E-state index contributed by atoms with van der Waals surface area (Å²) in [4.78, 5) is 38.2. The van der Waals surface area contributed by atoms with Crippen molar-refractivity contribution in [1.82, 2.24) is 4.90 Å². The lowest BCUT2D eigenvalue weighted by Crippen LogP contribution is -2.33. The topological polar surface area (TPSA) is 113 Å². The second-order valence-electron chi connectivity index (χ2n) is 6.53. The molecule has 0 saturated heterocycles. The molecular formula is C19H19N3O5S. The van der Waals surface area contributed by atoms with Gasteiger partial charge in [-0.2, -0.15) is 0 Å². The van der Waals surface area contributed by atoms with Gasteiger partial charge in [0, 0.05) is 13.0 Å². The number of nitrogens with one attached hydrogen (secondary N) is 2. The van der Waals surface area contributed by atoms with Crippen LogP contribution in [0.1, 0.15) is 32.7 Å². The molecule has 9 heteroatoms. The van der Waals surface area contributed by atoms with Crippen LogP contribution in [0.4, 0.5) is 11.4 Å². The average molecular weight is 401 g/mol. The van der Waals surface area contributed by atoms with Gasteiger partial charge in [-0.05, 0) is 31.2 Å². The fourth-order valence-corrected chi connectivity index (χ4v) is 3.49. The van der Waals surface area contributed by atoms with Crippen LogP contribution in [0.15, 0.2) is 42.5 Å². The van der Waals surface area contributed by atoms with E-state index < -0.39 is 27.7 Å². The highest BCUT2D eigenvalue weighted by atomic mass is 32.2. The second-order valence-corrected chi connectivity index (χ2v) is 8.28. The predicted molar refractivity (Wildman–Crippen MR) is 105 cm³/mol. The van der Waals surface area contributed by atoms with Crippen LogP contribution < -0.4 is 10.0 Å². The Hall–Kier alpha value is -3.20. The molecule has 0 bridgehead atoms. The molecule has 0 atom stereocenters. The lowest BCUT2D eigenvalue weighted by Gasteiger charge is -2.15. The third-order valence-electron chi connectivity index (χ3n) is 4.19. The lowest BCUT2D eigenvalue weighted by molar-refractivity contribution is -0.116. The molecule has 2 N–H and O–H groups in total. The zero-order chi connectivity index (χ0) is 20.5. The standard InChI is InChI=1S/C19H19N3O5S/c1-12-7-8-13-14(11-12)19(25)22(18(13)24)10-9-17(23)20-15-5-3-4-6-16(15)21-28(2,26)27/h3-8,11,21H,9-10H2,1-2H3,(H,20,23). The number of carbonyl (C=O) groups is 3. The molecule has 0 fully saturated rings. The van der Waals surface area contributed by atoms with Crippen LogP contribution >= 0.6 is 0 Å². The van der Waals surface area contributed by atoms with E-state index in [0.29, 0.717) is 11.1 Å². The van der Waals surface area contributed by atoms with E-state index >= 15 is 0 Å². The predicted octanol–water partition coefficient (Wildman–Crippen LogP) is 1.99. The molecule has 2 aromatic carbocycles. The summed E-state index contributed by atoms with van der Waals surface area (Å²) in [6.45, 7) is 1.76. The number of sulfonamides is 1. The van der Waals surface area contributed by atoms with Crippen molar-refractivity contribution in [3.8, 4) is 0 Å². The average Bonchev–Trinajstić information content (AvgIpc) is 2.84. The number of benzene rings is 2. The van der Waals surface area contributed by atoms with Gasteiger partial charge in [-0.25, -0.2) is 8.42 Å². The molecular weight excluding hydrogens is 382 g/mol. The van der Waals surface area contributed by atoms with Crippen molar-refractivity contribution in [2.75, 3.05) is 22.8 Å². The Balaban J connectivity index is 1.66. The summed E-state index contributed by atoms with van der Waals surface area (Å²) in [6, 6.07) is 11.4.